The average molecular weight is 266 g/mol. The van der Waals surface area contributed by atoms with Crippen LogP contribution in [-0.4, -0.2) is 59.1 Å². The van der Waals surface area contributed by atoms with Crippen LogP contribution in [0.4, 0.5) is 0 Å². The number of hydrogen-bond donors (Lipinski definition) is 1. The molecule has 3 fully saturated rings. The topological polar surface area (TPSA) is 43.8 Å². The van der Waals surface area contributed by atoms with Gasteiger partial charge in [-0.3, -0.25) is 9.69 Å². The number of piperazine rings is 1. The third kappa shape index (κ3) is 2.95. The van der Waals surface area contributed by atoms with E-state index in [9.17, 15) is 9.90 Å². The maximum absolute atomic E-state index is 12.4. The van der Waals surface area contributed by atoms with Gasteiger partial charge in [-0.25, -0.2) is 0 Å². The van der Waals surface area contributed by atoms with Crippen molar-refractivity contribution in [1.29, 1.82) is 0 Å². The highest BCUT2D eigenvalue weighted by Crippen LogP contribution is 2.28. The normalized spacial score (nSPS) is 34.1. The predicted molar refractivity (Wildman–Crippen MR) is 73.8 cm³/mol. The van der Waals surface area contributed by atoms with Crippen LogP contribution in [0.2, 0.25) is 0 Å². The fourth-order valence-electron chi connectivity index (χ4n) is 3.64. The van der Waals surface area contributed by atoms with Crippen LogP contribution >= 0.6 is 0 Å². The number of rotatable bonds is 2. The molecule has 1 amide bonds. The van der Waals surface area contributed by atoms with Gasteiger partial charge in [0.2, 0.25) is 5.91 Å². The largest absolute Gasteiger partial charge is 0.393 e. The number of carbonyl (C=O) groups is 1. The third-order valence-corrected chi connectivity index (χ3v) is 5.26. The lowest BCUT2D eigenvalue weighted by Gasteiger charge is -2.43. The number of amides is 1. The molecule has 3 rings (SSSR count). The summed E-state index contributed by atoms with van der Waals surface area (Å²) >= 11 is 0. The van der Waals surface area contributed by atoms with Gasteiger partial charge in [0.05, 0.1) is 6.10 Å². The Morgan fingerprint density at radius 3 is 2.05 bits per heavy atom. The molecule has 0 aromatic rings. The van der Waals surface area contributed by atoms with Crippen molar-refractivity contribution in [2.45, 2.75) is 57.1 Å². The number of hydrogen-bond acceptors (Lipinski definition) is 3. The van der Waals surface area contributed by atoms with Gasteiger partial charge in [-0.2, -0.15) is 0 Å². The van der Waals surface area contributed by atoms with Crippen LogP contribution in [0.3, 0.4) is 0 Å². The zero-order valence-electron chi connectivity index (χ0n) is 11.8. The van der Waals surface area contributed by atoms with E-state index in [0.29, 0.717) is 5.91 Å². The van der Waals surface area contributed by atoms with E-state index in [0.717, 1.165) is 57.9 Å². The van der Waals surface area contributed by atoms with Crippen LogP contribution < -0.4 is 0 Å². The molecule has 3 aliphatic rings. The molecule has 4 heteroatoms. The van der Waals surface area contributed by atoms with Crippen LogP contribution in [0.1, 0.15) is 44.9 Å². The van der Waals surface area contributed by atoms with Crippen LogP contribution in [0.15, 0.2) is 0 Å². The lowest BCUT2D eigenvalue weighted by Crippen LogP contribution is -2.54. The van der Waals surface area contributed by atoms with Gasteiger partial charge in [-0.05, 0) is 38.5 Å². The summed E-state index contributed by atoms with van der Waals surface area (Å²) in [4.78, 5) is 17.1. The lowest BCUT2D eigenvalue weighted by atomic mass is 9.86. The van der Waals surface area contributed by atoms with Crippen molar-refractivity contribution in [3.05, 3.63) is 0 Å². The van der Waals surface area contributed by atoms with E-state index in [1.807, 2.05) is 0 Å². The minimum atomic E-state index is -0.167. The van der Waals surface area contributed by atoms with Gasteiger partial charge in [0.15, 0.2) is 0 Å². The molecule has 0 bridgehead atoms. The molecule has 0 atom stereocenters. The molecule has 0 unspecified atom stereocenters. The number of aliphatic hydroxyl groups is 1. The average Bonchev–Trinajstić information content (AvgIpc) is 2.38. The Morgan fingerprint density at radius 2 is 1.53 bits per heavy atom. The van der Waals surface area contributed by atoms with E-state index < -0.39 is 0 Å². The Kier molecular flexibility index (Phi) is 4.08. The van der Waals surface area contributed by atoms with Gasteiger partial charge in [0.1, 0.15) is 0 Å². The van der Waals surface area contributed by atoms with Gasteiger partial charge in [-0.1, -0.05) is 6.42 Å². The molecule has 1 heterocycles. The maximum Gasteiger partial charge on any atom is 0.225 e. The van der Waals surface area contributed by atoms with Gasteiger partial charge in [0.25, 0.3) is 0 Å². The second-order valence-electron chi connectivity index (χ2n) is 6.45. The van der Waals surface area contributed by atoms with E-state index in [1.54, 1.807) is 0 Å². The van der Waals surface area contributed by atoms with Crippen LogP contribution in [0, 0.1) is 5.92 Å². The molecule has 0 radical (unpaired) electrons. The van der Waals surface area contributed by atoms with Crippen molar-refractivity contribution in [3.63, 3.8) is 0 Å². The molecule has 2 aliphatic carbocycles. The zero-order chi connectivity index (χ0) is 13.2. The minimum Gasteiger partial charge on any atom is -0.393 e. The standard InChI is InChI=1S/C15H26N2O2/c18-14-6-4-12(5-7-14)15(19)17-10-8-16(9-11-17)13-2-1-3-13/h12-14,18H,1-11H2/t12-,14+. The first-order chi connectivity index (χ1) is 9.24. The quantitative estimate of drug-likeness (QED) is 0.817. The van der Waals surface area contributed by atoms with E-state index in [1.165, 1.54) is 19.3 Å². The molecule has 1 aliphatic heterocycles. The summed E-state index contributed by atoms with van der Waals surface area (Å²) in [6.07, 6.45) is 7.29. The maximum atomic E-state index is 12.4. The summed E-state index contributed by atoms with van der Waals surface area (Å²) in [5, 5.41) is 9.52. The minimum absolute atomic E-state index is 0.167. The van der Waals surface area contributed by atoms with Crippen LogP contribution in [0.5, 0.6) is 0 Å². The monoisotopic (exact) mass is 266 g/mol. The molecule has 108 valence electrons. The predicted octanol–water partition coefficient (Wildman–Crippen LogP) is 1.23. The van der Waals surface area contributed by atoms with Crippen molar-refractivity contribution in [2.24, 2.45) is 5.92 Å². The highest BCUT2D eigenvalue weighted by molar-refractivity contribution is 5.79. The van der Waals surface area contributed by atoms with Gasteiger partial charge < -0.3 is 10.0 Å². The van der Waals surface area contributed by atoms with Crippen LogP contribution in [0.25, 0.3) is 0 Å². The Bertz CT molecular complexity index is 314. The highest BCUT2D eigenvalue weighted by Gasteiger charge is 2.33. The molecule has 1 saturated heterocycles. The molecule has 1 N–H and O–H groups in total. The van der Waals surface area contributed by atoms with Gasteiger partial charge in [-0.15, -0.1) is 0 Å². The number of carbonyl (C=O) groups excluding carboxylic acids is 1. The summed E-state index contributed by atoms with van der Waals surface area (Å²) in [6, 6.07) is 0.807. The molecule has 2 saturated carbocycles. The van der Waals surface area contributed by atoms with Crippen molar-refractivity contribution in [2.75, 3.05) is 26.2 Å². The Hall–Kier alpha value is -0.610. The molecule has 0 aromatic carbocycles. The van der Waals surface area contributed by atoms with E-state index in [4.69, 9.17) is 0 Å². The first-order valence-electron chi connectivity index (χ1n) is 7.95. The zero-order valence-corrected chi connectivity index (χ0v) is 11.8. The van der Waals surface area contributed by atoms with Crippen molar-refractivity contribution < 1.29 is 9.90 Å². The fraction of sp³-hybridized carbons (Fsp3) is 0.933. The first kappa shape index (κ1) is 13.4. The van der Waals surface area contributed by atoms with E-state index in [2.05, 4.69) is 9.80 Å². The summed E-state index contributed by atoms with van der Waals surface area (Å²) in [6.45, 7) is 3.94. The Balaban J connectivity index is 1.46. The van der Waals surface area contributed by atoms with Crippen molar-refractivity contribution in [3.8, 4) is 0 Å². The van der Waals surface area contributed by atoms with Crippen LogP contribution in [-0.2, 0) is 4.79 Å². The van der Waals surface area contributed by atoms with Crippen molar-refractivity contribution in [1.82, 2.24) is 9.80 Å². The molecular formula is C15H26N2O2. The number of aliphatic hydroxyl groups excluding tert-OH is 1. The van der Waals surface area contributed by atoms with E-state index in [-0.39, 0.29) is 12.0 Å². The summed E-state index contributed by atoms with van der Waals surface area (Å²) in [5.41, 5.74) is 0. The number of nitrogens with zero attached hydrogens (tertiary/aromatic N) is 2. The molecule has 0 aromatic heterocycles. The summed E-state index contributed by atoms with van der Waals surface area (Å²) in [5.74, 6) is 0.527. The third-order valence-electron chi connectivity index (χ3n) is 5.26. The van der Waals surface area contributed by atoms with Gasteiger partial charge in [0, 0.05) is 38.1 Å². The summed E-state index contributed by atoms with van der Waals surface area (Å²) < 4.78 is 0. The molecule has 4 nitrogen and oxygen atoms in total. The lowest BCUT2D eigenvalue weighted by molar-refractivity contribution is -0.139. The molecule has 0 spiro atoms. The highest BCUT2D eigenvalue weighted by atomic mass is 16.3. The smallest absolute Gasteiger partial charge is 0.225 e. The van der Waals surface area contributed by atoms with Crippen molar-refractivity contribution >= 4 is 5.91 Å². The first-order valence-corrected chi connectivity index (χ1v) is 7.95. The fourth-order valence-corrected chi connectivity index (χ4v) is 3.64. The second kappa shape index (κ2) is 5.80. The second-order valence-corrected chi connectivity index (χ2v) is 6.45. The Morgan fingerprint density at radius 1 is 0.895 bits per heavy atom. The van der Waals surface area contributed by atoms with E-state index >= 15 is 0 Å². The molecular weight excluding hydrogens is 240 g/mol. The SMILES string of the molecule is O=C([C@H]1CC[C@@H](O)CC1)N1CCN(C2CCC2)CC1. The van der Waals surface area contributed by atoms with Gasteiger partial charge >= 0.3 is 0 Å². The summed E-state index contributed by atoms with van der Waals surface area (Å²) in [7, 11) is 0. The Labute approximate surface area is 115 Å². The molecule has 19 heavy (non-hydrogen) atoms.